The summed E-state index contributed by atoms with van der Waals surface area (Å²) in [7, 11) is 0. The summed E-state index contributed by atoms with van der Waals surface area (Å²) in [6.07, 6.45) is -14.9. The molecule has 0 unspecified atom stereocenters. The fourth-order valence-corrected chi connectivity index (χ4v) is 1.25. The molecule has 0 aromatic carbocycles. The van der Waals surface area contributed by atoms with Crippen molar-refractivity contribution in [3.63, 3.8) is 0 Å². The third-order valence-corrected chi connectivity index (χ3v) is 3.15. The normalized spacial score (nSPS) is 13.3. The Hall–Kier alpha value is -1.78. The minimum atomic E-state index is -5.35. The average molecular weight is 576 g/mol. The van der Waals surface area contributed by atoms with Crippen molar-refractivity contribution in [1.29, 1.82) is 0 Å². The Bertz CT molecular complexity index is 666. The third-order valence-electron chi connectivity index (χ3n) is 3.15. The quantitative estimate of drug-likeness (QED) is 0.175. The molecule has 19 heteroatoms. The number of halogens is 14. The summed E-state index contributed by atoms with van der Waals surface area (Å²) < 4.78 is 169. The van der Waals surface area contributed by atoms with Gasteiger partial charge in [-0.1, -0.05) is 0 Å². The second-order valence-electron chi connectivity index (χ2n) is 6.06. The second-order valence-corrected chi connectivity index (χ2v) is 6.06. The number of alkyl halides is 14. The molecule has 199 valence electrons. The van der Waals surface area contributed by atoms with Crippen molar-refractivity contribution >= 4 is 23.1 Å². The number of ketones is 4. The summed E-state index contributed by atoms with van der Waals surface area (Å²) in [6, 6.07) is 0. The number of hydrogen-bond acceptors (Lipinski definition) is 0. The summed E-state index contributed by atoms with van der Waals surface area (Å²) in [5.74, 6) is -29.6. The van der Waals surface area contributed by atoms with E-state index in [1.807, 2.05) is 0 Å². The molecule has 0 saturated carbocycles. The number of hydrogen-bond donors (Lipinski definition) is 0. The fraction of sp³-hybridized carbons (Fsp3) is 0.714. The third kappa shape index (κ3) is 10.3. The molecular formula is C14H14CuF14O4+4. The molecule has 0 aliphatic rings. The largest absolute Gasteiger partial charge is 0.505 e. The molecule has 0 rings (SSSR count). The number of rotatable bonds is 8. The Balaban J connectivity index is -0.000000529. The van der Waals surface area contributed by atoms with E-state index in [9.17, 15) is 61.5 Å². The average Bonchev–Trinajstić information content (AvgIpc) is 2.51. The van der Waals surface area contributed by atoms with Crippen LogP contribution in [0.3, 0.4) is 0 Å². The monoisotopic (exact) mass is 575 g/mol. The molecule has 0 atom stereocenters. The van der Waals surface area contributed by atoms with Crippen LogP contribution in [0, 0.1) is 0 Å². The van der Waals surface area contributed by atoms with Crippen molar-refractivity contribution in [2.24, 2.45) is 0 Å². The molecule has 0 amide bonds. The van der Waals surface area contributed by atoms with Gasteiger partial charge in [0.2, 0.25) is 0 Å². The van der Waals surface area contributed by atoms with Crippen molar-refractivity contribution in [3.8, 4) is 0 Å². The summed E-state index contributed by atoms with van der Waals surface area (Å²) in [4.78, 5) is 33.3. The molecule has 0 aromatic rings. The maximum Gasteiger partial charge on any atom is 0.505 e. The van der Waals surface area contributed by atoms with Gasteiger partial charge in [0.25, 0.3) is 0 Å². The van der Waals surface area contributed by atoms with Crippen molar-refractivity contribution in [2.45, 2.75) is 62.7 Å². The first-order valence-corrected chi connectivity index (χ1v) is 7.45. The summed E-state index contributed by atoms with van der Waals surface area (Å²) >= 11 is 0. The van der Waals surface area contributed by atoms with Gasteiger partial charge in [-0.05, 0) is 0 Å². The Labute approximate surface area is 184 Å². The standard InChI is InChI=1S/2C7H5F7O2.Cu/c2*1-5(8,9)6(10,11)3(15)2-4(16)7(12,13)14;/h2*2H2,1H3;/p+4. The minimum Gasteiger partial charge on any atom is -0.276 e. The van der Waals surface area contributed by atoms with Crippen LogP contribution in [0.25, 0.3) is 0 Å². The van der Waals surface area contributed by atoms with E-state index in [1.54, 1.807) is 0 Å². The van der Waals surface area contributed by atoms with Gasteiger partial charge in [0.1, 0.15) is 0 Å². The van der Waals surface area contributed by atoms with Crippen LogP contribution in [-0.4, -0.2) is 78.4 Å². The predicted octanol–water partition coefficient (Wildman–Crippen LogP) is 4.64. The summed E-state index contributed by atoms with van der Waals surface area (Å²) in [5.41, 5.74) is 0. The van der Waals surface area contributed by atoms with Crippen LogP contribution in [0.1, 0.15) is 26.7 Å². The zero-order chi connectivity index (χ0) is 26.7. The Morgan fingerprint density at radius 1 is 0.455 bits per heavy atom. The van der Waals surface area contributed by atoms with E-state index in [0.29, 0.717) is 0 Å². The van der Waals surface area contributed by atoms with E-state index in [2.05, 4.69) is 0 Å². The molecule has 0 aliphatic carbocycles. The van der Waals surface area contributed by atoms with Gasteiger partial charge in [-0.15, -0.1) is 0 Å². The van der Waals surface area contributed by atoms with Crippen LogP contribution < -0.4 is 0 Å². The SMILES string of the molecule is CC(F)(F)C(F)(F)C(=[OH+])CC(=[OH+])C(F)(F)F.CC(F)(F)C(F)(F)C(=[OH+])CC(=[OH+])C(F)(F)F.[Cu]. The molecular weight excluding hydrogens is 562 g/mol. The van der Waals surface area contributed by atoms with Crippen molar-refractivity contribution in [2.75, 3.05) is 0 Å². The van der Waals surface area contributed by atoms with E-state index in [1.165, 1.54) is 0 Å². The zero-order valence-electron chi connectivity index (χ0n) is 15.8. The molecule has 0 spiro atoms. The van der Waals surface area contributed by atoms with Crippen LogP contribution in [0.4, 0.5) is 61.5 Å². The van der Waals surface area contributed by atoms with Crippen molar-refractivity contribution in [3.05, 3.63) is 0 Å². The smallest absolute Gasteiger partial charge is 0.276 e. The van der Waals surface area contributed by atoms with Gasteiger partial charge in [0.15, 0.2) is 12.8 Å². The van der Waals surface area contributed by atoms with Crippen LogP contribution in [0.5, 0.6) is 0 Å². The first-order chi connectivity index (χ1) is 13.6. The minimum absolute atomic E-state index is 0. The molecule has 0 saturated heterocycles. The van der Waals surface area contributed by atoms with Gasteiger partial charge in [0.05, 0.1) is 0 Å². The summed E-state index contributed by atoms with van der Waals surface area (Å²) in [6.45, 7) is -0.540. The van der Waals surface area contributed by atoms with Gasteiger partial charge in [-0.2, -0.15) is 61.5 Å². The molecule has 0 aliphatic heterocycles. The van der Waals surface area contributed by atoms with Crippen LogP contribution in [0.15, 0.2) is 0 Å². The van der Waals surface area contributed by atoms with E-state index >= 15 is 0 Å². The molecule has 0 heterocycles. The predicted molar refractivity (Wildman–Crippen MR) is 80.3 cm³/mol. The summed E-state index contributed by atoms with van der Waals surface area (Å²) in [5, 5.41) is 0. The van der Waals surface area contributed by atoms with Gasteiger partial charge in [0, 0.05) is 30.9 Å². The van der Waals surface area contributed by atoms with Crippen LogP contribution in [-0.2, 0) is 17.1 Å². The first kappa shape index (κ1) is 35.8. The van der Waals surface area contributed by atoms with Gasteiger partial charge < -0.3 is 0 Å². The topological polar surface area (TPSA) is 85.6 Å². The van der Waals surface area contributed by atoms with Crippen LogP contribution in [0.2, 0.25) is 0 Å². The molecule has 0 fully saturated rings. The molecule has 4 nitrogen and oxygen atoms in total. The van der Waals surface area contributed by atoms with Crippen molar-refractivity contribution in [1.82, 2.24) is 0 Å². The maximum absolute atomic E-state index is 12.5. The fourth-order valence-electron chi connectivity index (χ4n) is 1.25. The number of carbonyl (C=O) groups excluding carboxylic acids is 4. The molecule has 0 aromatic heterocycles. The second kappa shape index (κ2) is 11.1. The Kier molecular flexibility index (Phi) is 12.0. The first-order valence-electron chi connectivity index (χ1n) is 7.45. The van der Waals surface area contributed by atoms with E-state index in [4.69, 9.17) is 19.2 Å². The molecule has 1 radical (unpaired) electrons. The van der Waals surface area contributed by atoms with Gasteiger partial charge in [-0.3, -0.25) is 19.2 Å². The van der Waals surface area contributed by atoms with Crippen molar-refractivity contribution < 1.29 is 97.7 Å². The zero-order valence-corrected chi connectivity index (χ0v) is 16.7. The molecule has 33 heavy (non-hydrogen) atoms. The molecule has 4 N–H and O–H groups in total. The Morgan fingerprint density at radius 2 is 0.636 bits per heavy atom. The van der Waals surface area contributed by atoms with Crippen LogP contribution >= 0.6 is 0 Å². The molecule has 0 bridgehead atoms. The van der Waals surface area contributed by atoms with E-state index < -0.39 is 72.0 Å². The van der Waals surface area contributed by atoms with E-state index in [0.717, 1.165) is 0 Å². The maximum atomic E-state index is 12.5. The van der Waals surface area contributed by atoms with Gasteiger partial charge >= 0.3 is 59.2 Å². The van der Waals surface area contributed by atoms with E-state index in [-0.39, 0.29) is 30.9 Å². The Morgan fingerprint density at radius 3 is 0.758 bits per heavy atom. The van der Waals surface area contributed by atoms with Gasteiger partial charge in [-0.25, -0.2) is 0 Å².